The summed E-state index contributed by atoms with van der Waals surface area (Å²) in [5.74, 6) is -0.412. The monoisotopic (exact) mass is 183 g/mol. The van der Waals surface area contributed by atoms with Gasteiger partial charge in [-0.25, -0.2) is 4.79 Å². The van der Waals surface area contributed by atoms with Crippen molar-refractivity contribution in [3.05, 3.63) is 11.9 Å². The third-order valence-electron chi connectivity index (χ3n) is 1.46. The van der Waals surface area contributed by atoms with Gasteiger partial charge in [-0.1, -0.05) is 25.6 Å². The molecule has 0 bridgehead atoms. The van der Waals surface area contributed by atoms with Crippen LogP contribution in [0.25, 0.3) is 0 Å². The van der Waals surface area contributed by atoms with Gasteiger partial charge in [0.25, 0.3) is 0 Å². The number of carbonyl (C=O) groups is 1. The molecule has 1 rings (SSSR count). The molecule has 0 atom stereocenters. The summed E-state index contributed by atoms with van der Waals surface area (Å²) in [4.78, 5) is 16.3. The number of rotatable bonds is 1. The van der Waals surface area contributed by atoms with Gasteiger partial charge in [-0.2, -0.15) is 0 Å². The third-order valence-corrected chi connectivity index (χ3v) is 1.46. The summed E-state index contributed by atoms with van der Waals surface area (Å²) in [7, 11) is 0. The number of nitrogens with zero attached hydrogens (tertiary/aromatic N) is 3. The topological polar surface area (TPSA) is 57.0 Å². The minimum absolute atomic E-state index is 0.0849. The SMILES string of the molecule is CC(=O)On1cc(C(C)(C)C)nn1. The Bertz CT molecular complexity index is 311. The number of hydrogen-bond donors (Lipinski definition) is 0. The van der Waals surface area contributed by atoms with Crippen LogP contribution in [0.2, 0.25) is 0 Å². The van der Waals surface area contributed by atoms with Crippen molar-refractivity contribution in [3.63, 3.8) is 0 Å². The predicted octanol–water partition coefficient (Wildman–Crippen LogP) is 0.551. The molecule has 0 unspecified atom stereocenters. The quantitative estimate of drug-likeness (QED) is 0.596. The lowest BCUT2D eigenvalue weighted by molar-refractivity contribution is -0.143. The van der Waals surface area contributed by atoms with Crippen molar-refractivity contribution in [3.8, 4) is 0 Å². The molecule has 1 aromatic heterocycles. The van der Waals surface area contributed by atoms with E-state index in [0.29, 0.717) is 0 Å². The molecule has 0 saturated carbocycles. The standard InChI is InChI=1S/C8H13N3O2/c1-6(12)13-11-5-7(9-10-11)8(2,3)4/h5H,1-4H3. The van der Waals surface area contributed by atoms with Crippen LogP contribution in [0, 0.1) is 0 Å². The summed E-state index contributed by atoms with van der Waals surface area (Å²) in [5, 5.41) is 7.52. The van der Waals surface area contributed by atoms with E-state index in [0.717, 1.165) is 10.5 Å². The fourth-order valence-corrected chi connectivity index (χ4v) is 0.768. The van der Waals surface area contributed by atoms with E-state index < -0.39 is 5.97 Å². The molecule has 0 fully saturated rings. The average Bonchev–Trinajstić information content (AvgIpc) is 2.32. The molecule has 1 heterocycles. The molecule has 0 aliphatic heterocycles. The first-order valence-corrected chi connectivity index (χ1v) is 4.01. The van der Waals surface area contributed by atoms with E-state index in [4.69, 9.17) is 4.84 Å². The second-order valence-corrected chi connectivity index (χ2v) is 3.84. The molecule has 72 valence electrons. The van der Waals surface area contributed by atoms with Gasteiger partial charge in [0.2, 0.25) is 0 Å². The van der Waals surface area contributed by atoms with Crippen LogP contribution in [0.5, 0.6) is 0 Å². The third kappa shape index (κ3) is 2.54. The van der Waals surface area contributed by atoms with Gasteiger partial charge >= 0.3 is 5.97 Å². The second-order valence-electron chi connectivity index (χ2n) is 3.84. The van der Waals surface area contributed by atoms with Crippen LogP contribution in [-0.2, 0) is 10.2 Å². The summed E-state index contributed by atoms with van der Waals surface area (Å²) < 4.78 is 0. The summed E-state index contributed by atoms with van der Waals surface area (Å²) in [5.41, 5.74) is 0.701. The minimum atomic E-state index is -0.412. The van der Waals surface area contributed by atoms with E-state index in [9.17, 15) is 4.79 Å². The summed E-state index contributed by atoms with van der Waals surface area (Å²) in [6.07, 6.45) is 1.60. The maximum Gasteiger partial charge on any atom is 0.331 e. The maximum atomic E-state index is 10.6. The molecule has 0 amide bonds. The number of carbonyl (C=O) groups excluding carboxylic acids is 1. The van der Waals surface area contributed by atoms with Crippen molar-refractivity contribution in [2.75, 3.05) is 0 Å². The van der Waals surface area contributed by atoms with Gasteiger partial charge < -0.3 is 4.84 Å². The van der Waals surface area contributed by atoms with E-state index in [-0.39, 0.29) is 5.41 Å². The molecule has 0 saturated heterocycles. The summed E-state index contributed by atoms with van der Waals surface area (Å²) in [6.45, 7) is 7.35. The lowest BCUT2D eigenvalue weighted by Crippen LogP contribution is -2.17. The van der Waals surface area contributed by atoms with Crippen LogP contribution in [0.15, 0.2) is 6.20 Å². The lowest BCUT2D eigenvalue weighted by atomic mass is 9.93. The van der Waals surface area contributed by atoms with Gasteiger partial charge in [0.15, 0.2) is 0 Å². The molecule has 0 radical (unpaired) electrons. The zero-order valence-corrected chi connectivity index (χ0v) is 8.24. The first-order valence-electron chi connectivity index (χ1n) is 4.01. The van der Waals surface area contributed by atoms with Crippen LogP contribution < -0.4 is 4.84 Å². The Balaban J connectivity index is 2.81. The Morgan fingerprint density at radius 3 is 2.54 bits per heavy atom. The van der Waals surface area contributed by atoms with Crippen LogP contribution in [0.4, 0.5) is 0 Å². The van der Waals surface area contributed by atoms with Gasteiger partial charge in [0, 0.05) is 12.3 Å². The lowest BCUT2D eigenvalue weighted by Gasteiger charge is -2.12. The smallest absolute Gasteiger partial charge is 0.318 e. The molecule has 0 spiro atoms. The van der Waals surface area contributed by atoms with Crippen LogP contribution in [-0.4, -0.2) is 21.1 Å². The Labute approximate surface area is 76.6 Å². The second kappa shape index (κ2) is 3.16. The van der Waals surface area contributed by atoms with Gasteiger partial charge in [-0.15, -0.1) is 5.10 Å². The fourth-order valence-electron chi connectivity index (χ4n) is 0.768. The Morgan fingerprint density at radius 1 is 1.54 bits per heavy atom. The normalized spacial score (nSPS) is 11.4. The number of aromatic nitrogens is 3. The maximum absolute atomic E-state index is 10.6. The van der Waals surface area contributed by atoms with Crippen LogP contribution in [0.1, 0.15) is 33.4 Å². The predicted molar refractivity (Wildman–Crippen MR) is 46.0 cm³/mol. The fraction of sp³-hybridized carbons (Fsp3) is 0.625. The largest absolute Gasteiger partial charge is 0.331 e. The Morgan fingerprint density at radius 2 is 2.15 bits per heavy atom. The highest BCUT2D eigenvalue weighted by Crippen LogP contribution is 2.18. The molecule has 1 aromatic rings. The van der Waals surface area contributed by atoms with E-state index in [1.165, 1.54) is 6.92 Å². The van der Waals surface area contributed by atoms with Gasteiger partial charge in [0.05, 0.1) is 11.9 Å². The van der Waals surface area contributed by atoms with Gasteiger partial charge in [-0.05, 0) is 5.21 Å². The van der Waals surface area contributed by atoms with E-state index in [1.807, 2.05) is 20.8 Å². The molecule has 5 nitrogen and oxygen atoms in total. The van der Waals surface area contributed by atoms with E-state index in [1.54, 1.807) is 6.20 Å². The number of hydrogen-bond acceptors (Lipinski definition) is 4. The molecule has 0 aromatic carbocycles. The highest BCUT2D eigenvalue weighted by atomic mass is 16.7. The van der Waals surface area contributed by atoms with Crippen molar-refractivity contribution in [2.45, 2.75) is 33.1 Å². The van der Waals surface area contributed by atoms with Gasteiger partial charge in [0.1, 0.15) is 0 Å². The van der Waals surface area contributed by atoms with Crippen molar-refractivity contribution in [1.82, 2.24) is 15.2 Å². The Hall–Kier alpha value is -1.39. The highest BCUT2D eigenvalue weighted by molar-refractivity contribution is 5.66. The summed E-state index contributed by atoms with van der Waals surface area (Å²) >= 11 is 0. The van der Waals surface area contributed by atoms with Crippen molar-refractivity contribution >= 4 is 5.97 Å². The molecule has 5 heteroatoms. The molecule has 0 N–H and O–H groups in total. The first-order chi connectivity index (χ1) is 5.89. The van der Waals surface area contributed by atoms with Crippen LogP contribution in [0.3, 0.4) is 0 Å². The minimum Gasteiger partial charge on any atom is -0.318 e. The zero-order valence-electron chi connectivity index (χ0n) is 8.24. The first kappa shape index (κ1) is 9.70. The molecular weight excluding hydrogens is 170 g/mol. The van der Waals surface area contributed by atoms with Gasteiger partial charge in [-0.3, -0.25) is 0 Å². The van der Waals surface area contributed by atoms with Crippen molar-refractivity contribution in [2.24, 2.45) is 0 Å². The molecular formula is C8H13N3O2. The van der Waals surface area contributed by atoms with Crippen molar-refractivity contribution in [1.29, 1.82) is 0 Å². The average molecular weight is 183 g/mol. The van der Waals surface area contributed by atoms with E-state index >= 15 is 0 Å². The highest BCUT2D eigenvalue weighted by Gasteiger charge is 2.18. The molecule has 13 heavy (non-hydrogen) atoms. The summed E-state index contributed by atoms with van der Waals surface area (Å²) in [6, 6.07) is 0. The van der Waals surface area contributed by atoms with Crippen molar-refractivity contribution < 1.29 is 9.63 Å². The Kier molecular flexibility index (Phi) is 2.36. The molecule has 0 aliphatic carbocycles. The molecule has 0 aliphatic rings. The van der Waals surface area contributed by atoms with E-state index in [2.05, 4.69) is 10.3 Å². The zero-order chi connectivity index (χ0) is 10.1. The van der Waals surface area contributed by atoms with Crippen LogP contribution >= 0.6 is 0 Å².